The number of hydrogen-bond donors (Lipinski definition) is 2. The van der Waals surface area contributed by atoms with Gasteiger partial charge in [0.15, 0.2) is 0 Å². The number of nitrogens with one attached hydrogen (secondary N) is 1. The molecule has 1 aliphatic heterocycles. The minimum absolute atomic E-state index is 0.0562. The van der Waals surface area contributed by atoms with Crippen LogP contribution in [0.15, 0.2) is 18.2 Å². The molecule has 27 heavy (non-hydrogen) atoms. The second-order valence-electron chi connectivity index (χ2n) is 6.88. The number of nitro benzene ring substituents is 1. The van der Waals surface area contributed by atoms with Gasteiger partial charge in [-0.15, -0.1) is 0 Å². The number of anilines is 1. The van der Waals surface area contributed by atoms with Crippen molar-refractivity contribution in [2.24, 2.45) is 0 Å². The molecule has 0 aliphatic carbocycles. The summed E-state index contributed by atoms with van der Waals surface area (Å²) in [7, 11) is 1.86. The normalized spacial score (nSPS) is 16.3. The minimum atomic E-state index is -0.491. The Morgan fingerprint density at radius 1 is 1.44 bits per heavy atom. The van der Waals surface area contributed by atoms with Crippen LogP contribution in [-0.4, -0.2) is 84.8 Å². The highest BCUT2D eigenvalue weighted by Gasteiger charge is 2.17. The van der Waals surface area contributed by atoms with Gasteiger partial charge in [0, 0.05) is 51.3 Å². The second-order valence-corrected chi connectivity index (χ2v) is 6.88. The number of nitro groups is 1. The average Bonchev–Trinajstić information content (AvgIpc) is 2.62. The Hall–Kier alpha value is -2.07. The third-order valence-electron chi connectivity index (χ3n) is 4.52. The standard InChI is InChI=1S/C18H28N4O5/c1-14-3-4-15(22(25)26)11-17(14)19-18(24)5-6-20(2)12-16(23)13-21-7-9-27-10-8-21/h3-4,11,16,23H,5-10,12-13H2,1-2H3,(H,19,24)/t16-/m1/s1. The SMILES string of the molecule is Cc1ccc([N+](=O)[O-])cc1NC(=O)CCN(C)C[C@@H](O)CN1CCOCC1. The van der Waals surface area contributed by atoms with Crippen molar-refractivity contribution >= 4 is 17.3 Å². The lowest BCUT2D eigenvalue weighted by Gasteiger charge is -2.30. The van der Waals surface area contributed by atoms with Crippen LogP contribution in [0.1, 0.15) is 12.0 Å². The molecule has 1 aromatic rings. The fraction of sp³-hybridized carbons (Fsp3) is 0.611. The van der Waals surface area contributed by atoms with E-state index in [-0.39, 0.29) is 18.0 Å². The van der Waals surface area contributed by atoms with Crippen molar-refractivity contribution < 1.29 is 19.6 Å². The molecule has 1 saturated heterocycles. The number of benzene rings is 1. The molecule has 0 radical (unpaired) electrons. The molecule has 1 heterocycles. The lowest BCUT2D eigenvalue weighted by Crippen LogP contribution is -2.44. The van der Waals surface area contributed by atoms with Gasteiger partial charge in [0.05, 0.1) is 29.9 Å². The van der Waals surface area contributed by atoms with E-state index in [1.54, 1.807) is 13.0 Å². The number of amides is 1. The van der Waals surface area contributed by atoms with Crippen LogP contribution in [0.5, 0.6) is 0 Å². The van der Waals surface area contributed by atoms with Crippen molar-refractivity contribution in [2.45, 2.75) is 19.4 Å². The lowest BCUT2D eigenvalue weighted by molar-refractivity contribution is -0.384. The number of nitrogens with zero attached hydrogens (tertiary/aromatic N) is 3. The summed E-state index contributed by atoms with van der Waals surface area (Å²) >= 11 is 0. The molecule has 0 saturated carbocycles. The summed E-state index contributed by atoms with van der Waals surface area (Å²) in [5.74, 6) is -0.215. The van der Waals surface area contributed by atoms with Gasteiger partial charge in [-0.05, 0) is 19.5 Å². The molecule has 1 aromatic carbocycles. The molecule has 0 unspecified atom stereocenters. The van der Waals surface area contributed by atoms with E-state index in [1.165, 1.54) is 12.1 Å². The Labute approximate surface area is 159 Å². The van der Waals surface area contributed by atoms with Gasteiger partial charge in [-0.3, -0.25) is 19.8 Å². The first-order valence-electron chi connectivity index (χ1n) is 9.06. The zero-order chi connectivity index (χ0) is 19.8. The van der Waals surface area contributed by atoms with Crippen LogP contribution in [0.25, 0.3) is 0 Å². The van der Waals surface area contributed by atoms with Gasteiger partial charge in [-0.2, -0.15) is 0 Å². The maximum atomic E-state index is 12.2. The predicted octanol–water partition coefficient (Wildman–Crippen LogP) is 0.857. The van der Waals surface area contributed by atoms with Crippen LogP contribution in [0.3, 0.4) is 0 Å². The smallest absolute Gasteiger partial charge is 0.271 e. The molecule has 2 N–H and O–H groups in total. The molecule has 150 valence electrons. The summed E-state index contributed by atoms with van der Waals surface area (Å²) in [6.45, 7) is 6.37. The molecule has 9 heteroatoms. The van der Waals surface area contributed by atoms with E-state index < -0.39 is 11.0 Å². The van der Waals surface area contributed by atoms with Gasteiger partial charge in [-0.1, -0.05) is 6.07 Å². The molecule has 1 aliphatic rings. The van der Waals surface area contributed by atoms with Crippen molar-refractivity contribution in [3.63, 3.8) is 0 Å². The van der Waals surface area contributed by atoms with E-state index in [9.17, 15) is 20.0 Å². The van der Waals surface area contributed by atoms with E-state index >= 15 is 0 Å². The monoisotopic (exact) mass is 380 g/mol. The zero-order valence-electron chi connectivity index (χ0n) is 15.9. The molecule has 0 bridgehead atoms. The maximum Gasteiger partial charge on any atom is 0.271 e. The van der Waals surface area contributed by atoms with Crippen LogP contribution in [-0.2, 0) is 9.53 Å². The second kappa shape index (κ2) is 10.3. The van der Waals surface area contributed by atoms with E-state index in [1.807, 2.05) is 11.9 Å². The largest absolute Gasteiger partial charge is 0.390 e. The van der Waals surface area contributed by atoms with Gasteiger partial charge in [0.1, 0.15) is 0 Å². The van der Waals surface area contributed by atoms with Crippen molar-refractivity contribution in [3.8, 4) is 0 Å². The van der Waals surface area contributed by atoms with E-state index in [4.69, 9.17) is 4.74 Å². The maximum absolute atomic E-state index is 12.2. The number of hydrogen-bond acceptors (Lipinski definition) is 7. The summed E-state index contributed by atoms with van der Waals surface area (Å²) in [5.41, 5.74) is 1.16. The van der Waals surface area contributed by atoms with Crippen molar-refractivity contribution in [3.05, 3.63) is 33.9 Å². The van der Waals surface area contributed by atoms with E-state index in [0.29, 0.717) is 38.5 Å². The van der Waals surface area contributed by atoms with E-state index in [0.717, 1.165) is 18.7 Å². The molecule has 0 spiro atoms. The van der Waals surface area contributed by atoms with Crippen LogP contribution >= 0.6 is 0 Å². The number of likely N-dealkylation sites (N-methyl/N-ethyl adjacent to an activating group) is 1. The quantitative estimate of drug-likeness (QED) is 0.483. The zero-order valence-corrected chi connectivity index (χ0v) is 15.9. The third kappa shape index (κ3) is 7.22. The van der Waals surface area contributed by atoms with Crippen LogP contribution in [0, 0.1) is 17.0 Å². The van der Waals surface area contributed by atoms with Gasteiger partial charge < -0.3 is 20.1 Å². The number of carbonyl (C=O) groups excluding carboxylic acids is 1. The molecule has 2 rings (SSSR count). The molecule has 1 amide bonds. The van der Waals surface area contributed by atoms with Crippen LogP contribution in [0.2, 0.25) is 0 Å². The topological polar surface area (TPSA) is 108 Å². The average molecular weight is 380 g/mol. The predicted molar refractivity (Wildman–Crippen MR) is 102 cm³/mol. The number of β-amino-alcohol motifs (C(OH)–C–C–N with tert-alkyl or cyclic N) is 1. The van der Waals surface area contributed by atoms with Gasteiger partial charge in [0.25, 0.3) is 5.69 Å². The Morgan fingerprint density at radius 3 is 2.81 bits per heavy atom. The molecule has 1 fully saturated rings. The van der Waals surface area contributed by atoms with Crippen LogP contribution in [0.4, 0.5) is 11.4 Å². The summed E-state index contributed by atoms with van der Waals surface area (Å²) < 4.78 is 5.29. The Morgan fingerprint density at radius 2 is 2.15 bits per heavy atom. The van der Waals surface area contributed by atoms with Crippen molar-refractivity contribution in [1.82, 2.24) is 9.80 Å². The van der Waals surface area contributed by atoms with Gasteiger partial charge in [0.2, 0.25) is 5.91 Å². The number of ether oxygens (including phenoxy) is 1. The summed E-state index contributed by atoms with van der Waals surface area (Å²) in [6, 6.07) is 4.39. The summed E-state index contributed by atoms with van der Waals surface area (Å²) in [5, 5.41) is 23.8. The van der Waals surface area contributed by atoms with Crippen molar-refractivity contribution in [1.29, 1.82) is 0 Å². The first-order valence-corrected chi connectivity index (χ1v) is 9.06. The summed E-state index contributed by atoms with van der Waals surface area (Å²) in [4.78, 5) is 26.6. The first kappa shape index (κ1) is 21.2. The first-order chi connectivity index (χ1) is 12.8. The van der Waals surface area contributed by atoms with Crippen LogP contribution < -0.4 is 5.32 Å². The summed E-state index contributed by atoms with van der Waals surface area (Å²) in [6.07, 6.45) is -0.252. The lowest BCUT2D eigenvalue weighted by atomic mass is 10.1. The number of carbonyl (C=O) groups is 1. The number of morpholine rings is 1. The Balaban J connectivity index is 1.74. The number of aliphatic hydroxyl groups is 1. The number of aliphatic hydroxyl groups excluding tert-OH is 1. The van der Waals surface area contributed by atoms with E-state index in [2.05, 4.69) is 10.2 Å². The highest BCUT2D eigenvalue weighted by molar-refractivity contribution is 5.92. The molecular formula is C18H28N4O5. The fourth-order valence-corrected chi connectivity index (χ4v) is 2.95. The minimum Gasteiger partial charge on any atom is -0.390 e. The Bertz CT molecular complexity index is 649. The molecule has 0 aromatic heterocycles. The molecule has 9 nitrogen and oxygen atoms in total. The highest BCUT2D eigenvalue weighted by Crippen LogP contribution is 2.21. The van der Waals surface area contributed by atoms with Gasteiger partial charge in [-0.25, -0.2) is 0 Å². The molecular weight excluding hydrogens is 352 g/mol. The number of non-ortho nitro benzene ring substituents is 1. The van der Waals surface area contributed by atoms with Gasteiger partial charge >= 0.3 is 0 Å². The number of aryl methyl sites for hydroxylation is 1. The third-order valence-corrected chi connectivity index (χ3v) is 4.52. The number of rotatable bonds is 9. The fourth-order valence-electron chi connectivity index (χ4n) is 2.95. The highest BCUT2D eigenvalue weighted by atomic mass is 16.6. The molecule has 1 atom stereocenters. The van der Waals surface area contributed by atoms with Crippen molar-refractivity contribution in [2.75, 3.05) is 58.3 Å². The Kier molecular flexibility index (Phi) is 8.11.